The summed E-state index contributed by atoms with van der Waals surface area (Å²) >= 11 is 0. The van der Waals surface area contributed by atoms with Gasteiger partial charge < -0.3 is 5.32 Å². The molecule has 0 saturated heterocycles. The van der Waals surface area contributed by atoms with Crippen molar-refractivity contribution in [2.75, 3.05) is 26.7 Å². The van der Waals surface area contributed by atoms with Gasteiger partial charge in [-0.25, -0.2) is 0 Å². The Morgan fingerprint density at radius 2 is 1.78 bits per heavy atom. The first-order valence-electron chi connectivity index (χ1n) is 6.73. The molecule has 0 heterocycles. The molecule has 1 N–H and O–H groups in total. The Balaban J connectivity index is 2.68. The quantitative estimate of drug-likeness (QED) is 0.795. The van der Waals surface area contributed by atoms with Crippen molar-refractivity contribution in [2.24, 2.45) is 5.41 Å². The van der Waals surface area contributed by atoms with Gasteiger partial charge in [0, 0.05) is 19.1 Å². The van der Waals surface area contributed by atoms with Crippen molar-refractivity contribution in [1.82, 2.24) is 10.2 Å². The van der Waals surface area contributed by atoms with Crippen LogP contribution >= 0.6 is 0 Å². The van der Waals surface area contributed by atoms with Crippen LogP contribution in [0.5, 0.6) is 0 Å². The van der Waals surface area contributed by atoms with E-state index in [1.165, 1.54) is 0 Å². The van der Waals surface area contributed by atoms with Crippen LogP contribution in [0.3, 0.4) is 0 Å². The zero-order valence-electron chi connectivity index (χ0n) is 11.6. The molecule has 1 fully saturated rings. The highest BCUT2D eigenvalue weighted by atomic mass is 19.4. The van der Waals surface area contributed by atoms with Gasteiger partial charge in [-0.3, -0.25) is 4.90 Å². The zero-order chi connectivity index (χ0) is 13.8. The standard InChI is InChI=1S/C13H25F3N2/c1-11(2)18(10-13(14,15)16)9-12(8-17-3)6-4-5-7-12/h11,17H,4-10H2,1-3H3. The van der Waals surface area contributed by atoms with Crippen LogP contribution < -0.4 is 5.32 Å². The first kappa shape index (κ1) is 15.8. The molecule has 0 aliphatic heterocycles. The van der Waals surface area contributed by atoms with Gasteiger partial charge in [-0.2, -0.15) is 13.2 Å². The predicted octanol–water partition coefficient (Wildman–Crippen LogP) is 3.04. The van der Waals surface area contributed by atoms with E-state index >= 15 is 0 Å². The molecule has 18 heavy (non-hydrogen) atoms. The van der Waals surface area contributed by atoms with E-state index in [1.807, 2.05) is 20.9 Å². The third-order valence-corrected chi connectivity index (χ3v) is 3.87. The Kier molecular flexibility index (Phi) is 5.46. The number of alkyl halides is 3. The molecule has 0 atom stereocenters. The van der Waals surface area contributed by atoms with Crippen molar-refractivity contribution >= 4 is 0 Å². The van der Waals surface area contributed by atoms with E-state index in [-0.39, 0.29) is 11.5 Å². The van der Waals surface area contributed by atoms with Crippen LogP contribution in [0.25, 0.3) is 0 Å². The van der Waals surface area contributed by atoms with E-state index in [0.717, 1.165) is 32.2 Å². The van der Waals surface area contributed by atoms with E-state index in [9.17, 15) is 13.2 Å². The molecule has 0 aromatic heterocycles. The lowest BCUT2D eigenvalue weighted by Gasteiger charge is -2.37. The second kappa shape index (κ2) is 6.24. The lowest BCUT2D eigenvalue weighted by atomic mass is 9.85. The van der Waals surface area contributed by atoms with Crippen molar-refractivity contribution < 1.29 is 13.2 Å². The van der Waals surface area contributed by atoms with Gasteiger partial charge >= 0.3 is 6.18 Å². The van der Waals surface area contributed by atoms with E-state index in [0.29, 0.717) is 6.54 Å². The lowest BCUT2D eigenvalue weighted by Crippen LogP contribution is -2.47. The van der Waals surface area contributed by atoms with E-state index in [1.54, 1.807) is 4.90 Å². The largest absolute Gasteiger partial charge is 0.401 e. The molecule has 1 aliphatic rings. The maximum Gasteiger partial charge on any atom is 0.401 e. The summed E-state index contributed by atoms with van der Waals surface area (Å²) in [6.45, 7) is 4.25. The highest BCUT2D eigenvalue weighted by Gasteiger charge is 2.39. The Morgan fingerprint density at radius 1 is 1.22 bits per heavy atom. The normalized spacial score (nSPS) is 20.0. The van der Waals surface area contributed by atoms with Crippen LogP contribution in [0.1, 0.15) is 39.5 Å². The van der Waals surface area contributed by atoms with E-state index < -0.39 is 12.7 Å². The van der Waals surface area contributed by atoms with Gasteiger partial charge in [-0.1, -0.05) is 12.8 Å². The molecular formula is C13H25F3N2. The first-order chi connectivity index (χ1) is 8.28. The third kappa shape index (κ3) is 4.76. The number of hydrogen-bond acceptors (Lipinski definition) is 2. The van der Waals surface area contributed by atoms with Gasteiger partial charge in [-0.05, 0) is 39.2 Å². The fourth-order valence-electron chi connectivity index (χ4n) is 2.97. The van der Waals surface area contributed by atoms with Crippen molar-refractivity contribution in [3.8, 4) is 0 Å². The summed E-state index contributed by atoms with van der Waals surface area (Å²) in [5, 5.41) is 3.15. The van der Waals surface area contributed by atoms with E-state index in [4.69, 9.17) is 0 Å². The summed E-state index contributed by atoms with van der Waals surface area (Å²) in [5.41, 5.74) is 0.0320. The molecule has 2 nitrogen and oxygen atoms in total. The SMILES string of the molecule is CNCC1(CN(CC(F)(F)F)C(C)C)CCCC1. The zero-order valence-corrected chi connectivity index (χ0v) is 11.6. The van der Waals surface area contributed by atoms with Gasteiger partial charge in [0.15, 0.2) is 0 Å². The van der Waals surface area contributed by atoms with Crippen molar-refractivity contribution in [3.63, 3.8) is 0 Å². The van der Waals surface area contributed by atoms with Crippen molar-refractivity contribution in [2.45, 2.75) is 51.7 Å². The fourth-order valence-corrected chi connectivity index (χ4v) is 2.97. The molecule has 0 bridgehead atoms. The summed E-state index contributed by atoms with van der Waals surface area (Å²) in [5.74, 6) is 0. The summed E-state index contributed by atoms with van der Waals surface area (Å²) in [7, 11) is 1.88. The van der Waals surface area contributed by atoms with Crippen molar-refractivity contribution in [3.05, 3.63) is 0 Å². The lowest BCUT2D eigenvalue weighted by molar-refractivity contribution is -0.153. The first-order valence-corrected chi connectivity index (χ1v) is 6.73. The molecule has 0 unspecified atom stereocenters. The summed E-state index contributed by atoms with van der Waals surface area (Å²) < 4.78 is 37.8. The van der Waals surface area contributed by atoms with Crippen LogP contribution in [0.15, 0.2) is 0 Å². The van der Waals surface area contributed by atoms with Crippen LogP contribution in [0.4, 0.5) is 13.2 Å². The Bertz CT molecular complexity index is 245. The molecule has 0 aromatic carbocycles. The number of nitrogens with one attached hydrogen (secondary N) is 1. The number of halogens is 3. The molecule has 0 spiro atoms. The topological polar surface area (TPSA) is 15.3 Å². The van der Waals surface area contributed by atoms with Crippen LogP contribution in [-0.4, -0.2) is 43.8 Å². The molecule has 0 radical (unpaired) electrons. The highest BCUT2D eigenvalue weighted by Crippen LogP contribution is 2.39. The summed E-state index contributed by atoms with van der Waals surface area (Å²) in [6.07, 6.45) is 0.243. The maximum absolute atomic E-state index is 12.6. The predicted molar refractivity (Wildman–Crippen MR) is 67.6 cm³/mol. The molecule has 0 amide bonds. The molecule has 1 saturated carbocycles. The molecule has 1 rings (SSSR count). The van der Waals surface area contributed by atoms with Gasteiger partial charge in [0.1, 0.15) is 0 Å². The summed E-state index contributed by atoms with van der Waals surface area (Å²) in [6, 6.07) is -0.0686. The number of rotatable bonds is 6. The summed E-state index contributed by atoms with van der Waals surface area (Å²) in [4.78, 5) is 1.57. The second-order valence-electron chi connectivity index (χ2n) is 5.85. The second-order valence-corrected chi connectivity index (χ2v) is 5.85. The van der Waals surface area contributed by atoms with E-state index in [2.05, 4.69) is 5.32 Å². The van der Waals surface area contributed by atoms with Crippen LogP contribution in [0.2, 0.25) is 0 Å². The average molecular weight is 266 g/mol. The molecule has 5 heteroatoms. The Morgan fingerprint density at radius 3 is 2.17 bits per heavy atom. The van der Waals surface area contributed by atoms with Crippen LogP contribution in [-0.2, 0) is 0 Å². The van der Waals surface area contributed by atoms with Gasteiger partial charge in [0.25, 0.3) is 0 Å². The van der Waals surface area contributed by atoms with Gasteiger partial charge in [0.05, 0.1) is 6.54 Å². The molecular weight excluding hydrogens is 241 g/mol. The minimum absolute atomic E-state index is 0.0320. The Labute approximate surface area is 108 Å². The fraction of sp³-hybridized carbons (Fsp3) is 1.00. The monoisotopic (exact) mass is 266 g/mol. The van der Waals surface area contributed by atoms with Gasteiger partial charge in [-0.15, -0.1) is 0 Å². The number of hydrogen-bond donors (Lipinski definition) is 1. The smallest absolute Gasteiger partial charge is 0.319 e. The van der Waals surface area contributed by atoms with Gasteiger partial charge in [0.2, 0.25) is 0 Å². The highest BCUT2D eigenvalue weighted by molar-refractivity contribution is 4.90. The Hall–Kier alpha value is -0.290. The van der Waals surface area contributed by atoms with Crippen LogP contribution in [0, 0.1) is 5.41 Å². The minimum atomic E-state index is -4.11. The minimum Gasteiger partial charge on any atom is -0.319 e. The number of nitrogens with zero attached hydrogens (tertiary/aromatic N) is 1. The molecule has 1 aliphatic carbocycles. The maximum atomic E-state index is 12.6. The molecule has 0 aromatic rings. The average Bonchev–Trinajstić information content (AvgIpc) is 2.64. The molecule has 108 valence electrons. The third-order valence-electron chi connectivity index (χ3n) is 3.87. The van der Waals surface area contributed by atoms with Crippen molar-refractivity contribution in [1.29, 1.82) is 0 Å².